The molecule has 0 radical (unpaired) electrons. The van der Waals surface area contributed by atoms with E-state index in [2.05, 4.69) is 16.0 Å². The third kappa shape index (κ3) is 5.68. The molecule has 0 saturated carbocycles. The number of benzene rings is 1. The van der Waals surface area contributed by atoms with Crippen molar-refractivity contribution < 1.29 is 19.5 Å². The van der Waals surface area contributed by atoms with E-state index in [1.807, 2.05) is 26.8 Å². The largest absolute Gasteiger partial charge is 0.396 e. The van der Waals surface area contributed by atoms with E-state index in [1.165, 1.54) is 4.90 Å². The van der Waals surface area contributed by atoms with Crippen molar-refractivity contribution in [3.63, 3.8) is 0 Å². The zero-order valence-electron chi connectivity index (χ0n) is 16.0. The molecule has 4 amide bonds. The van der Waals surface area contributed by atoms with Crippen molar-refractivity contribution in [2.24, 2.45) is 5.92 Å². The average molecular weight is 376 g/mol. The van der Waals surface area contributed by atoms with Crippen molar-refractivity contribution in [2.75, 3.05) is 30.3 Å². The summed E-state index contributed by atoms with van der Waals surface area (Å²) in [7, 11) is 0. The minimum atomic E-state index is -0.696. The van der Waals surface area contributed by atoms with Crippen LogP contribution >= 0.6 is 0 Å². The molecule has 1 saturated heterocycles. The number of nitrogens with zero attached hydrogens (tertiary/aromatic N) is 1. The number of amides is 4. The second kappa shape index (κ2) is 9.36. The number of aryl methyl sites for hydroxylation is 1. The highest BCUT2D eigenvalue weighted by molar-refractivity contribution is 5.96. The summed E-state index contributed by atoms with van der Waals surface area (Å²) in [5.74, 6) is -0.0953. The van der Waals surface area contributed by atoms with Gasteiger partial charge < -0.3 is 26.0 Å². The van der Waals surface area contributed by atoms with Gasteiger partial charge in [0.15, 0.2) is 0 Å². The van der Waals surface area contributed by atoms with E-state index in [-0.39, 0.29) is 30.8 Å². The third-order valence-corrected chi connectivity index (χ3v) is 4.35. The molecule has 1 atom stereocenters. The predicted molar refractivity (Wildman–Crippen MR) is 103 cm³/mol. The fraction of sp³-hybridized carbons (Fsp3) is 0.526. The molecule has 4 N–H and O–H groups in total. The molecule has 1 aromatic rings. The first-order valence-corrected chi connectivity index (χ1v) is 9.18. The molecule has 1 aliphatic rings. The lowest BCUT2D eigenvalue weighted by atomic mass is 10.1. The molecular formula is C19H28N4O4. The lowest BCUT2D eigenvalue weighted by Crippen LogP contribution is -2.58. The SMILES string of the molecule is Cc1ccc(NC(=O)CC(C)C)cc1NC(=O)N1CCNC(=O)[C@H]1CCO. The van der Waals surface area contributed by atoms with Crippen LogP contribution in [0.5, 0.6) is 0 Å². The van der Waals surface area contributed by atoms with Gasteiger partial charge in [-0.1, -0.05) is 19.9 Å². The summed E-state index contributed by atoms with van der Waals surface area (Å²) in [6, 6.07) is 4.20. The van der Waals surface area contributed by atoms with E-state index in [0.29, 0.717) is 30.9 Å². The van der Waals surface area contributed by atoms with Gasteiger partial charge >= 0.3 is 6.03 Å². The molecule has 0 spiro atoms. The highest BCUT2D eigenvalue weighted by Crippen LogP contribution is 2.22. The number of hydrogen-bond donors (Lipinski definition) is 4. The summed E-state index contributed by atoms with van der Waals surface area (Å²) in [5.41, 5.74) is 2.01. The maximum atomic E-state index is 12.7. The molecule has 8 nitrogen and oxygen atoms in total. The quantitative estimate of drug-likeness (QED) is 0.605. The van der Waals surface area contributed by atoms with Gasteiger partial charge in [0, 0.05) is 37.5 Å². The van der Waals surface area contributed by atoms with Crippen molar-refractivity contribution >= 4 is 29.2 Å². The Morgan fingerprint density at radius 2 is 2.07 bits per heavy atom. The van der Waals surface area contributed by atoms with Crippen LogP contribution in [0.2, 0.25) is 0 Å². The van der Waals surface area contributed by atoms with Crippen LogP contribution in [0.3, 0.4) is 0 Å². The van der Waals surface area contributed by atoms with Crippen LogP contribution in [-0.4, -0.2) is 53.6 Å². The molecule has 1 aliphatic heterocycles. The smallest absolute Gasteiger partial charge is 0.322 e. The number of rotatable bonds is 6. The van der Waals surface area contributed by atoms with Crippen molar-refractivity contribution in [3.8, 4) is 0 Å². The molecular weight excluding hydrogens is 348 g/mol. The number of carbonyl (C=O) groups is 3. The summed E-state index contributed by atoms with van der Waals surface area (Å²) in [5, 5.41) is 17.5. The first-order chi connectivity index (χ1) is 12.8. The van der Waals surface area contributed by atoms with Gasteiger partial charge in [0.25, 0.3) is 0 Å². The highest BCUT2D eigenvalue weighted by atomic mass is 16.3. The number of carbonyl (C=O) groups excluding carboxylic acids is 3. The van der Waals surface area contributed by atoms with Crippen LogP contribution in [0.25, 0.3) is 0 Å². The van der Waals surface area contributed by atoms with Crippen LogP contribution in [0.4, 0.5) is 16.2 Å². The van der Waals surface area contributed by atoms with Crippen LogP contribution in [0.1, 0.15) is 32.3 Å². The Morgan fingerprint density at radius 3 is 2.74 bits per heavy atom. The van der Waals surface area contributed by atoms with Crippen LogP contribution in [0, 0.1) is 12.8 Å². The summed E-state index contributed by atoms with van der Waals surface area (Å²) >= 11 is 0. The van der Waals surface area contributed by atoms with E-state index in [1.54, 1.807) is 12.1 Å². The van der Waals surface area contributed by atoms with Crippen LogP contribution in [-0.2, 0) is 9.59 Å². The van der Waals surface area contributed by atoms with Crippen molar-refractivity contribution in [2.45, 2.75) is 39.7 Å². The van der Waals surface area contributed by atoms with Crippen LogP contribution in [0.15, 0.2) is 18.2 Å². The molecule has 27 heavy (non-hydrogen) atoms. The van der Waals surface area contributed by atoms with Gasteiger partial charge in [-0.3, -0.25) is 9.59 Å². The van der Waals surface area contributed by atoms with Gasteiger partial charge in [0.2, 0.25) is 11.8 Å². The molecule has 1 aromatic carbocycles. The second-order valence-corrected chi connectivity index (χ2v) is 7.12. The average Bonchev–Trinajstić information content (AvgIpc) is 2.59. The Balaban J connectivity index is 2.11. The molecule has 0 unspecified atom stereocenters. The maximum Gasteiger partial charge on any atom is 0.322 e. The fourth-order valence-electron chi connectivity index (χ4n) is 2.97. The van der Waals surface area contributed by atoms with Gasteiger partial charge in [-0.25, -0.2) is 4.79 Å². The molecule has 2 rings (SSSR count). The Kier molecular flexibility index (Phi) is 7.18. The molecule has 0 aromatic heterocycles. The first-order valence-electron chi connectivity index (χ1n) is 9.18. The standard InChI is InChI=1S/C19H28N4O4/c1-12(2)10-17(25)21-14-5-4-13(3)15(11-14)22-19(27)23-8-7-20-18(26)16(23)6-9-24/h4-5,11-12,16,24H,6-10H2,1-3H3,(H,20,26)(H,21,25)(H,22,27)/t16-/m1/s1. The van der Waals surface area contributed by atoms with E-state index in [0.717, 1.165) is 5.56 Å². The van der Waals surface area contributed by atoms with Crippen molar-refractivity contribution in [3.05, 3.63) is 23.8 Å². The number of urea groups is 1. The van der Waals surface area contributed by atoms with Gasteiger partial charge in [-0.15, -0.1) is 0 Å². The zero-order valence-corrected chi connectivity index (χ0v) is 16.0. The normalized spacial score (nSPS) is 16.9. The number of hydrogen-bond acceptors (Lipinski definition) is 4. The summed E-state index contributed by atoms with van der Waals surface area (Å²) < 4.78 is 0. The number of piperazine rings is 1. The third-order valence-electron chi connectivity index (χ3n) is 4.35. The minimum absolute atomic E-state index is 0.0816. The van der Waals surface area contributed by atoms with E-state index >= 15 is 0 Å². The maximum absolute atomic E-state index is 12.7. The molecule has 148 valence electrons. The zero-order chi connectivity index (χ0) is 20.0. The van der Waals surface area contributed by atoms with E-state index in [9.17, 15) is 19.5 Å². The lowest BCUT2D eigenvalue weighted by molar-refractivity contribution is -0.128. The van der Waals surface area contributed by atoms with Gasteiger partial charge in [0.1, 0.15) is 6.04 Å². The van der Waals surface area contributed by atoms with E-state index < -0.39 is 12.1 Å². The van der Waals surface area contributed by atoms with Crippen molar-refractivity contribution in [1.29, 1.82) is 0 Å². The Labute approximate surface area is 159 Å². The fourth-order valence-corrected chi connectivity index (χ4v) is 2.97. The second-order valence-electron chi connectivity index (χ2n) is 7.12. The molecule has 0 bridgehead atoms. The number of nitrogens with one attached hydrogen (secondary N) is 3. The summed E-state index contributed by atoms with van der Waals surface area (Å²) in [6.45, 7) is 6.35. The first kappa shape index (κ1) is 20.7. The lowest BCUT2D eigenvalue weighted by Gasteiger charge is -2.34. The molecule has 1 heterocycles. The Bertz CT molecular complexity index is 705. The summed E-state index contributed by atoms with van der Waals surface area (Å²) in [4.78, 5) is 38.1. The highest BCUT2D eigenvalue weighted by Gasteiger charge is 2.32. The molecule has 1 fully saturated rings. The molecule has 0 aliphatic carbocycles. The van der Waals surface area contributed by atoms with Gasteiger partial charge in [0.05, 0.1) is 0 Å². The molecule has 8 heteroatoms. The predicted octanol–water partition coefficient (Wildman–Crippen LogP) is 1.69. The Morgan fingerprint density at radius 1 is 1.33 bits per heavy atom. The van der Waals surface area contributed by atoms with Gasteiger partial charge in [-0.05, 0) is 37.0 Å². The van der Waals surface area contributed by atoms with Crippen LogP contribution < -0.4 is 16.0 Å². The summed E-state index contributed by atoms with van der Waals surface area (Å²) in [6.07, 6.45) is 0.602. The number of aliphatic hydroxyl groups is 1. The minimum Gasteiger partial charge on any atom is -0.396 e. The van der Waals surface area contributed by atoms with E-state index in [4.69, 9.17) is 0 Å². The Hall–Kier alpha value is -2.61. The monoisotopic (exact) mass is 376 g/mol. The number of aliphatic hydroxyl groups excluding tert-OH is 1. The van der Waals surface area contributed by atoms with Gasteiger partial charge in [-0.2, -0.15) is 0 Å². The topological polar surface area (TPSA) is 111 Å². The van der Waals surface area contributed by atoms with Crippen molar-refractivity contribution in [1.82, 2.24) is 10.2 Å². The number of anilines is 2.